The van der Waals surface area contributed by atoms with Crippen LogP contribution < -0.4 is 0 Å². The molecule has 7 heteroatoms. The number of halogens is 2. The van der Waals surface area contributed by atoms with Gasteiger partial charge < -0.3 is 10.7 Å². The summed E-state index contributed by atoms with van der Waals surface area (Å²) in [5.41, 5.74) is 0.635. The van der Waals surface area contributed by atoms with Crippen molar-refractivity contribution in [2.45, 2.75) is 12.8 Å². The van der Waals surface area contributed by atoms with Gasteiger partial charge in [-0.05, 0) is 12.5 Å². The summed E-state index contributed by atoms with van der Waals surface area (Å²) in [6, 6.07) is 2.21. The molecule has 0 aromatic carbocycles. The van der Waals surface area contributed by atoms with Gasteiger partial charge >= 0.3 is 35.3 Å². The zero-order valence-corrected chi connectivity index (χ0v) is 14.0. The Kier molecular flexibility index (Phi) is 13.7. The maximum Gasteiger partial charge on any atom is 0.0574 e. The average molecular weight is 480 g/mol. The van der Waals surface area contributed by atoms with Gasteiger partial charge in [-0.25, -0.2) is 0 Å². The Bertz CT molecular complexity index is 364. The van der Waals surface area contributed by atoms with Gasteiger partial charge in [0.15, 0.2) is 0 Å². The molecule has 2 rings (SSSR count). The van der Waals surface area contributed by atoms with Gasteiger partial charge in [-0.3, -0.25) is 10.9 Å². The number of nitrogens with zero attached hydrogens (tertiary/aromatic N) is 4. The molecule has 1 unspecified atom stereocenters. The minimum absolute atomic E-state index is 0.226. The van der Waals surface area contributed by atoms with Gasteiger partial charge in [0, 0.05) is 17.7 Å². The Morgan fingerprint density at radius 3 is 2.58 bits per heavy atom. The summed E-state index contributed by atoms with van der Waals surface area (Å²) in [5, 5.41) is 20.7. The Morgan fingerprint density at radius 2 is 2.26 bits per heavy atom. The number of piperidine rings is 1. The summed E-state index contributed by atoms with van der Waals surface area (Å²) < 4.78 is 0. The van der Waals surface area contributed by atoms with Crippen LogP contribution >= 0.6 is 18.8 Å². The van der Waals surface area contributed by atoms with Crippen LogP contribution in [0.1, 0.15) is 12.8 Å². The van der Waals surface area contributed by atoms with Crippen LogP contribution in [-0.4, -0.2) is 31.7 Å². The third-order valence-corrected chi connectivity index (χ3v) is 2.27. The summed E-state index contributed by atoms with van der Waals surface area (Å²) in [7, 11) is 9.75. The molecule has 2 heterocycles. The number of nitriles is 1. The minimum Gasteiger partial charge on any atom is -0.763 e. The fourth-order valence-corrected chi connectivity index (χ4v) is 1.39. The van der Waals surface area contributed by atoms with Crippen LogP contribution in [0.4, 0.5) is 0 Å². The van der Waals surface area contributed by atoms with Gasteiger partial charge in [0.05, 0.1) is 12.6 Å². The zero-order valence-electron chi connectivity index (χ0n) is 10.2. The van der Waals surface area contributed by atoms with Crippen LogP contribution in [-0.2, 0) is 16.5 Å². The second kappa shape index (κ2) is 14.0. The quantitative estimate of drug-likeness (QED) is 0.490. The molecule has 0 saturated carbocycles. The van der Waals surface area contributed by atoms with Crippen LogP contribution in [0.5, 0.6) is 0 Å². The number of allylic oxidation sites excluding steroid dienone is 2. The van der Waals surface area contributed by atoms with Gasteiger partial charge in [0.25, 0.3) is 0 Å². The van der Waals surface area contributed by atoms with E-state index >= 15 is 0 Å². The SMILES string of the molecule is N#CC1CCC[N-]C1.[Cl][Pt+2][Cl].[N-]=C=C1C=CCN=C1. The van der Waals surface area contributed by atoms with E-state index in [2.05, 4.69) is 16.4 Å². The van der Waals surface area contributed by atoms with Gasteiger partial charge in [-0.2, -0.15) is 5.26 Å². The predicted octanol–water partition coefficient (Wildman–Crippen LogP) is 3.46. The molecule has 19 heavy (non-hydrogen) atoms. The van der Waals surface area contributed by atoms with E-state index < -0.39 is 16.5 Å². The van der Waals surface area contributed by atoms with Crippen molar-refractivity contribution < 1.29 is 16.5 Å². The second-order valence-corrected chi connectivity index (χ2v) is 6.89. The summed E-state index contributed by atoms with van der Waals surface area (Å²) >= 11 is -0.472. The van der Waals surface area contributed by atoms with Gasteiger partial charge in [-0.15, -0.1) is 13.1 Å². The largest absolute Gasteiger partial charge is 0.763 e. The molecule has 0 radical (unpaired) electrons. The molecule has 0 amide bonds. The topological polar surface area (TPSA) is 72.5 Å². The molecule has 0 aliphatic carbocycles. The second-order valence-electron chi connectivity index (χ2n) is 3.61. The molecule has 0 spiro atoms. The van der Waals surface area contributed by atoms with E-state index in [4.69, 9.17) is 29.5 Å². The van der Waals surface area contributed by atoms with E-state index in [0.717, 1.165) is 25.9 Å². The van der Waals surface area contributed by atoms with Crippen molar-refractivity contribution in [3.8, 4) is 6.07 Å². The average Bonchev–Trinajstić information content (AvgIpc) is 2.50. The van der Waals surface area contributed by atoms with E-state index in [-0.39, 0.29) is 5.92 Å². The number of rotatable bonds is 0. The smallest absolute Gasteiger partial charge is 0.0574 e. The van der Waals surface area contributed by atoms with Crippen LogP contribution in [0.15, 0.2) is 22.7 Å². The monoisotopic (exact) mass is 479 g/mol. The fourth-order valence-electron chi connectivity index (χ4n) is 1.39. The maximum atomic E-state index is 8.38. The molecule has 1 fully saturated rings. The summed E-state index contributed by atoms with van der Waals surface area (Å²) in [6.45, 7) is 2.46. The summed E-state index contributed by atoms with van der Waals surface area (Å²) in [4.78, 5) is 3.86. The normalized spacial score (nSPS) is 20.3. The number of hydrogen-bond acceptors (Lipinski definition) is 2. The van der Waals surface area contributed by atoms with Crippen LogP contribution in [0.3, 0.4) is 0 Å². The zero-order chi connectivity index (χ0) is 14.3. The molecule has 0 N–H and O–H groups in total. The molecule has 0 aromatic rings. The molecular weight excluding hydrogens is 466 g/mol. The fraction of sp³-hybridized carbons (Fsp3) is 0.500. The number of hydrogen-bond donors (Lipinski definition) is 0. The van der Waals surface area contributed by atoms with Crippen molar-refractivity contribution in [2.75, 3.05) is 19.6 Å². The Morgan fingerprint density at radius 1 is 1.53 bits per heavy atom. The Balaban J connectivity index is 0.000000284. The molecule has 1 saturated heterocycles. The van der Waals surface area contributed by atoms with Gasteiger partial charge in [0.1, 0.15) is 0 Å². The molecule has 2 aliphatic rings. The van der Waals surface area contributed by atoms with Crippen molar-refractivity contribution in [3.63, 3.8) is 0 Å². The third-order valence-electron chi connectivity index (χ3n) is 2.27. The third kappa shape index (κ3) is 11.1. The summed E-state index contributed by atoms with van der Waals surface area (Å²) in [5.74, 6) is 2.21. The van der Waals surface area contributed by atoms with Crippen molar-refractivity contribution in [1.82, 2.24) is 0 Å². The molecule has 106 valence electrons. The predicted molar refractivity (Wildman–Crippen MR) is 77.5 cm³/mol. The molecule has 0 bridgehead atoms. The van der Waals surface area contributed by atoms with Crippen LogP contribution in [0.25, 0.3) is 10.7 Å². The summed E-state index contributed by atoms with van der Waals surface area (Å²) in [6.07, 6.45) is 7.38. The van der Waals surface area contributed by atoms with Crippen molar-refractivity contribution in [2.24, 2.45) is 10.9 Å². The van der Waals surface area contributed by atoms with Crippen LogP contribution in [0, 0.1) is 17.2 Å². The molecule has 1 atom stereocenters. The van der Waals surface area contributed by atoms with Gasteiger partial charge in [0.2, 0.25) is 0 Å². The first-order chi connectivity index (χ1) is 9.28. The number of aliphatic imine (C=N–C) groups is 1. The van der Waals surface area contributed by atoms with Crippen molar-refractivity contribution in [1.29, 1.82) is 5.26 Å². The van der Waals surface area contributed by atoms with E-state index in [0.29, 0.717) is 12.1 Å². The first kappa shape index (κ1) is 18.6. The molecular formula is C12H14Cl2N4Pt. The minimum atomic E-state index is -0.472. The Hall–Kier alpha value is -0.422. The van der Waals surface area contributed by atoms with Crippen molar-refractivity contribution >= 4 is 30.9 Å². The van der Waals surface area contributed by atoms with E-state index in [1.165, 1.54) is 0 Å². The van der Waals surface area contributed by atoms with Crippen LogP contribution in [0.2, 0.25) is 0 Å². The number of dihydropyridines is 1. The maximum absolute atomic E-state index is 8.38. The van der Waals surface area contributed by atoms with E-state index in [1.54, 1.807) is 12.3 Å². The molecule has 0 aromatic heterocycles. The first-order valence-corrected chi connectivity index (χ1v) is 11.2. The standard InChI is InChI=1S/C6H9N2.C6H5N2.2ClH.Pt/c2*7-4-6-2-1-3-8-5-6;;;/h6H,1-3,5H2;1-2,5H,3H2;2*1H;/q2*-1;;;+4/p-2. The first-order valence-electron chi connectivity index (χ1n) is 5.57. The van der Waals surface area contributed by atoms with Gasteiger partial charge in [-0.1, -0.05) is 12.5 Å². The van der Waals surface area contributed by atoms with E-state index in [1.807, 2.05) is 11.9 Å². The van der Waals surface area contributed by atoms with Crippen molar-refractivity contribution in [3.05, 3.63) is 28.5 Å². The van der Waals surface area contributed by atoms with E-state index in [9.17, 15) is 0 Å². The molecule has 2 aliphatic heterocycles. The Labute approximate surface area is 130 Å². The molecule has 4 nitrogen and oxygen atoms in total.